The van der Waals surface area contributed by atoms with Crippen LogP contribution in [0.5, 0.6) is 23.0 Å². The van der Waals surface area contributed by atoms with E-state index in [0.717, 1.165) is 11.8 Å². The Morgan fingerprint density at radius 1 is 0.967 bits per heavy atom. The van der Waals surface area contributed by atoms with Crippen LogP contribution < -0.4 is 24.3 Å². The molecule has 2 aromatic carbocycles. The standard InChI is InChI=1S/C20H21N3O6S/c1-25-14-8-6-5-7-13(14)19-22-23-20(29-19)30-11-17(24)21-12-9-15(26-2)18(28-4)16(10-12)27-3/h5-10H,11H2,1-4H3,(H,21,24). The van der Waals surface area contributed by atoms with Gasteiger partial charge < -0.3 is 28.7 Å². The van der Waals surface area contributed by atoms with Crippen molar-refractivity contribution in [2.45, 2.75) is 5.22 Å². The van der Waals surface area contributed by atoms with Crippen LogP contribution in [0.15, 0.2) is 46.0 Å². The maximum Gasteiger partial charge on any atom is 0.277 e. The van der Waals surface area contributed by atoms with Crippen LogP contribution in [0.2, 0.25) is 0 Å². The Bertz CT molecular complexity index is 998. The molecule has 0 bridgehead atoms. The topological polar surface area (TPSA) is 105 Å². The van der Waals surface area contributed by atoms with Gasteiger partial charge >= 0.3 is 0 Å². The molecule has 10 heteroatoms. The van der Waals surface area contributed by atoms with Gasteiger partial charge in [0.2, 0.25) is 11.7 Å². The maximum atomic E-state index is 12.4. The minimum Gasteiger partial charge on any atom is -0.496 e. The molecule has 1 amide bonds. The van der Waals surface area contributed by atoms with Gasteiger partial charge in [-0.15, -0.1) is 10.2 Å². The number of para-hydroxylation sites is 1. The molecule has 1 N–H and O–H groups in total. The van der Waals surface area contributed by atoms with Gasteiger partial charge in [0.1, 0.15) is 5.75 Å². The smallest absolute Gasteiger partial charge is 0.277 e. The third-order valence-corrected chi connectivity index (χ3v) is 4.84. The molecule has 0 saturated carbocycles. The third kappa shape index (κ3) is 4.77. The zero-order chi connectivity index (χ0) is 21.5. The molecule has 0 aliphatic heterocycles. The molecule has 0 aliphatic rings. The number of carbonyl (C=O) groups excluding carboxylic acids is 1. The van der Waals surface area contributed by atoms with E-state index in [1.54, 1.807) is 25.3 Å². The zero-order valence-corrected chi connectivity index (χ0v) is 17.7. The highest BCUT2D eigenvalue weighted by Gasteiger charge is 2.16. The molecule has 3 rings (SSSR count). The highest BCUT2D eigenvalue weighted by molar-refractivity contribution is 7.99. The fourth-order valence-electron chi connectivity index (χ4n) is 2.68. The van der Waals surface area contributed by atoms with E-state index >= 15 is 0 Å². The Balaban J connectivity index is 1.65. The van der Waals surface area contributed by atoms with Crippen LogP contribution in [0, 0.1) is 0 Å². The minimum atomic E-state index is -0.258. The van der Waals surface area contributed by atoms with Crippen LogP contribution in [0.3, 0.4) is 0 Å². The van der Waals surface area contributed by atoms with E-state index in [-0.39, 0.29) is 16.9 Å². The lowest BCUT2D eigenvalue weighted by Gasteiger charge is -2.14. The summed E-state index contributed by atoms with van der Waals surface area (Å²) in [5.74, 6) is 2.09. The van der Waals surface area contributed by atoms with Crippen LogP contribution in [0.4, 0.5) is 5.69 Å². The molecule has 0 saturated heterocycles. The summed E-state index contributed by atoms with van der Waals surface area (Å²) in [6.07, 6.45) is 0. The molecule has 158 valence electrons. The number of hydrogen-bond donors (Lipinski definition) is 1. The fourth-order valence-corrected chi connectivity index (χ4v) is 3.24. The lowest BCUT2D eigenvalue weighted by Crippen LogP contribution is -2.14. The number of anilines is 1. The number of methoxy groups -OCH3 is 4. The molecule has 3 aromatic rings. The highest BCUT2D eigenvalue weighted by Crippen LogP contribution is 2.40. The first-order chi connectivity index (χ1) is 14.6. The summed E-state index contributed by atoms with van der Waals surface area (Å²) in [7, 11) is 6.10. The molecule has 0 unspecified atom stereocenters. The minimum absolute atomic E-state index is 0.0736. The van der Waals surface area contributed by atoms with Crippen molar-refractivity contribution in [1.82, 2.24) is 10.2 Å². The second-order valence-electron chi connectivity index (χ2n) is 5.82. The van der Waals surface area contributed by atoms with Gasteiger partial charge in [-0.1, -0.05) is 23.9 Å². The molecular weight excluding hydrogens is 410 g/mol. The average Bonchev–Trinajstić information content (AvgIpc) is 3.25. The van der Waals surface area contributed by atoms with Gasteiger partial charge in [-0.2, -0.15) is 0 Å². The van der Waals surface area contributed by atoms with Gasteiger partial charge in [0.05, 0.1) is 39.8 Å². The molecule has 0 spiro atoms. The molecule has 0 fully saturated rings. The number of nitrogens with one attached hydrogen (secondary N) is 1. The van der Waals surface area contributed by atoms with Gasteiger partial charge in [0.15, 0.2) is 11.5 Å². The Labute approximate surface area is 177 Å². The van der Waals surface area contributed by atoms with Crippen molar-refractivity contribution in [3.8, 4) is 34.5 Å². The van der Waals surface area contributed by atoms with E-state index in [4.69, 9.17) is 23.4 Å². The van der Waals surface area contributed by atoms with Crippen molar-refractivity contribution in [3.63, 3.8) is 0 Å². The molecule has 9 nitrogen and oxygen atoms in total. The predicted molar refractivity (Wildman–Crippen MR) is 112 cm³/mol. The predicted octanol–water partition coefficient (Wildman–Crippen LogP) is 3.50. The van der Waals surface area contributed by atoms with Crippen molar-refractivity contribution < 1.29 is 28.2 Å². The summed E-state index contributed by atoms with van der Waals surface area (Å²) in [6.45, 7) is 0. The molecule has 1 heterocycles. The maximum absolute atomic E-state index is 12.4. The first-order valence-corrected chi connectivity index (χ1v) is 9.77. The average molecular weight is 431 g/mol. The number of aromatic nitrogens is 2. The molecule has 0 aliphatic carbocycles. The Morgan fingerprint density at radius 2 is 1.63 bits per heavy atom. The summed E-state index contributed by atoms with van der Waals surface area (Å²) < 4.78 is 26.8. The largest absolute Gasteiger partial charge is 0.496 e. The van der Waals surface area contributed by atoms with Crippen LogP contribution >= 0.6 is 11.8 Å². The summed E-state index contributed by atoms with van der Waals surface area (Å²) in [5, 5.41) is 11.1. The zero-order valence-electron chi connectivity index (χ0n) is 16.9. The Kier molecular flexibility index (Phi) is 7.02. The van der Waals surface area contributed by atoms with E-state index in [1.165, 1.54) is 21.3 Å². The van der Waals surface area contributed by atoms with Gasteiger partial charge in [-0.25, -0.2) is 0 Å². The van der Waals surface area contributed by atoms with Crippen LogP contribution in [0.1, 0.15) is 0 Å². The van der Waals surface area contributed by atoms with E-state index in [9.17, 15) is 4.79 Å². The van der Waals surface area contributed by atoms with Crippen molar-refractivity contribution in [2.24, 2.45) is 0 Å². The SMILES string of the molecule is COc1ccccc1-c1nnc(SCC(=O)Nc2cc(OC)c(OC)c(OC)c2)o1. The second-order valence-corrected chi connectivity index (χ2v) is 6.75. The number of hydrogen-bond acceptors (Lipinski definition) is 9. The van der Waals surface area contributed by atoms with Gasteiger partial charge in [-0.3, -0.25) is 4.79 Å². The van der Waals surface area contributed by atoms with E-state index < -0.39 is 0 Å². The molecule has 0 radical (unpaired) electrons. The highest BCUT2D eigenvalue weighted by atomic mass is 32.2. The molecule has 0 atom stereocenters. The van der Waals surface area contributed by atoms with E-state index in [2.05, 4.69) is 15.5 Å². The molecular formula is C20H21N3O6S. The Morgan fingerprint density at radius 3 is 2.27 bits per heavy atom. The summed E-state index contributed by atoms with van der Waals surface area (Å²) >= 11 is 1.12. The lowest BCUT2D eigenvalue weighted by atomic mass is 10.2. The van der Waals surface area contributed by atoms with Crippen molar-refractivity contribution in [3.05, 3.63) is 36.4 Å². The number of benzene rings is 2. The van der Waals surface area contributed by atoms with Gasteiger partial charge in [0.25, 0.3) is 11.1 Å². The Hall–Kier alpha value is -3.40. The first-order valence-electron chi connectivity index (χ1n) is 8.79. The van der Waals surface area contributed by atoms with Crippen molar-refractivity contribution in [1.29, 1.82) is 0 Å². The monoisotopic (exact) mass is 431 g/mol. The van der Waals surface area contributed by atoms with E-state index in [1.807, 2.05) is 18.2 Å². The number of rotatable bonds is 9. The second kappa shape index (κ2) is 9.88. The third-order valence-electron chi connectivity index (χ3n) is 4.02. The molecule has 1 aromatic heterocycles. The fraction of sp³-hybridized carbons (Fsp3) is 0.250. The quantitative estimate of drug-likeness (QED) is 0.510. The normalized spacial score (nSPS) is 10.4. The van der Waals surface area contributed by atoms with Crippen LogP contribution in [-0.2, 0) is 4.79 Å². The van der Waals surface area contributed by atoms with Crippen LogP contribution in [0.25, 0.3) is 11.5 Å². The number of thioether (sulfide) groups is 1. The van der Waals surface area contributed by atoms with E-state index in [0.29, 0.717) is 40.1 Å². The number of amides is 1. The number of nitrogens with zero attached hydrogens (tertiary/aromatic N) is 2. The van der Waals surface area contributed by atoms with Crippen molar-refractivity contribution >= 4 is 23.4 Å². The summed E-state index contributed by atoms with van der Waals surface area (Å²) in [4.78, 5) is 12.4. The van der Waals surface area contributed by atoms with Gasteiger partial charge in [0, 0.05) is 17.8 Å². The number of ether oxygens (including phenoxy) is 4. The van der Waals surface area contributed by atoms with Crippen LogP contribution in [-0.4, -0.2) is 50.3 Å². The summed E-state index contributed by atoms with van der Waals surface area (Å²) in [5.41, 5.74) is 1.19. The first kappa shape index (κ1) is 21.3. The molecule has 30 heavy (non-hydrogen) atoms. The number of carbonyl (C=O) groups is 1. The van der Waals surface area contributed by atoms with Gasteiger partial charge in [-0.05, 0) is 12.1 Å². The lowest BCUT2D eigenvalue weighted by molar-refractivity contribution is -0.113. The summed E-state index contributed by atoms with van der Waals surface area (Å²) in [6, 6.07) is 10.6. The van der Waals surface area contributed by atoms with Crippen molar-refractivity contribution in [2.75, 3.05) is 39.5 Å².